The zero-order chi connectivity index (χ0) is 15.5. The molecule has 0 saturated heterocycles. The Kier molecular flexibility index (Phi) is 5.55. The zero-order valence-corrected chi connectivity index (χ0v) is 14.0. The van der Waals surface area contributed by atoms with Gasteiger partial charge in [0.1, 0.15) is 4.90 Å². The predicted octanol–water partition coefficient (Wildman–Crippen LogP) is 1.13. The van der Waals surface area contributed by atoms with Crippen molar-refractivity contribution < 1.29 is 13.2 Å². The summed E-state index contributed by atoms with van der Waals surface area (Å²) in [6.07, 6.45) is 0. The van der Waals surface area contributed by atoms with Gasteiger partial charge in [-0.1, -0.05) is 22.9 Å². The molecule has 1 rings (SSSR count). The van der Waals surface area contributed by atoms with E-state index in [0.717, 1.165) is 4.31 Å². The fraction of sp³-hybridized carbons (Fsp3) is 0.417. The Morgan fingerprint density at radius 1 is 1.35 bits per heavy atom. The van der Waals surface area contributed by atoms with Gasteiger partial charge in [-0.15, -0.1) is 0 Å². The summed E-state index contributed by atoms with van der Waals surface area (Å²) in [6.45, 7) is 1.65. The number of carbonyl (C=O) groups is 1. The Balaban J connectivity index is 3.19. The van der Waals surface area contributed by atoms with Crippen LogP contribution in [0.1, 0.15) is 6.92 Å². The third-order valence-corrected chi connectivity index (χ3v) is 5.23. The number of likely N-dealkylation sites (N-methyl/N-ethyl adjacent to an activating group) is 2. The number of rotatable bonds is 5. The molecule has 1 amide bonds. The van der Waals surface area contributed by atoms with Crippen molar-refractivity contribution in [3.63, 3.8) is 0 Å². The lowest BCUT2D eigenvalue weighted by molar-refractivity contribution is -0.128. The second-order valence-corrected chi connectivity index (χ2v) is 7.22. The van der Waals surface area contributed by atoms with Gasteiger partial charge in [0.2, 0.25) is 15.9 Å². The average molecular weight is 364 g/mol. The molecule has 20 heavy (non-hydrogen) atoms. The first-order valence-corrected chi connectivity index (χ1v) is 8.18. The number of nitrogens with zero attached hydrogens (tertiary/aromatic N) is 2. The number of nitrogen functional groups attached to an aromatic ring is 1. The number of hydrogen-bond acceptors (Lipinski definition) is 4. The summed E-state index contributed by atoms with van der Waals surface area (Å²) < 4.78 is 26.8. The van der Waals surface area contributed by atoms with Crippen LogP contribution in [0.15, 0.2) is 27.6 Å². The quantitative estimate of drug-likeness (QED) is 0.794. The maximum absolute atomic E-state index is 12.5. The maximum atomic E-state index is 12.5. The van der Waals surface area contributed by atoms with Gasteiger partial charge in [-0.3, -0.25) is 4.79 Å². The van der Waals surface area contributed by atoms with Gasteiger partial charge in [-0.25, -0.2) is 8.42 Å². The lowest BCUT2D eigenvalue weighted by Crippen LogP contribution is -2.40. The number of nitrogens with two attached hydrogens (primary N) is 1. The van der Waals surface area contributed by atoms with Crippen molar-refractivity contribution in [3.8, 4) is 0 Å². The molecule has 0 heterocycles. The summed E-state index contributed by atoms with van der Waals surface area (Å²) in [5, 5.41) is 0. The van der Waals surface area contributed by atoms with E-state index in [4.69, 9.17) is 5.73 Å². The SMILES string of the molecule is CCN(CC(=O)N(C)C)S(=O)(=O)c1cc(Br)ccc1N. The van der Waals surface area contributed by atoms with E-state index in [-0.39, 0.29) is 29.6 Å². The summed E-state index contributed by atoms with van der Waals surface area (Å²) in [5.41, 5.74) is 5.89. The highest BCUT2D eigenvalue weighted by Crippen LogP contribution is 2.25. The molecule has 8 heteroatoms. The molecule has 0 bridgehead atoms. The minimum Gasteiger partial charge on any atom is -0.398 e. The Labute approximate surface area is 127 Å². The van der Waals surface area contributed by atoms with Gasteiger partial charge in [0.05, 0.1) is 12.2 Å². The first-order valence-electron chi connectivity index (χ1n) is 5.95. The van der Waals surface area contributed by atoms with Crippen molar-refractivity contribution in [3.05, 3.63) is 22.7 Å². The Morgan fingerprint density at radius 3 is 2.45 bits per heavy atom. The molecular weight excluding hydrogens is 346 g/mol. The highest BCUT2D eigenvalue weighted by Gasteiger charge is 2.27. The van der Waals surface area contributed by atoms with Crippen LogP contribution in [-0.2, 0) is 14.8 Å². The van der Waals surface area contributed by atoms with E-state index in [0.29, 0.717) is 4.47 Å². The molecule has 0 aliphatic heterocycles. The van der Waals surface area contributed by atoms with Crippen LogP contribution in [0.5, 0.6) is 0 Å². The summed E-state index contributed by atoms with van der Waals surface area (Å²) >= 11 is 3.22. The summed E-state index contributed by atoms with van der Waals surface area (Å²) in [6, 6.07) is 4.61. The van der Waals surface area contributed by atoms with Gasteiger partial charge < -0.3 is 10.6 Å². The number of benzene rings is 1. The Hall–Kier alpha value is -1.12. The molecule has 0 fully saturated rings. The summed E-state index contributed by atoms with van der Waals surface area (Å²) in [5.74, 6) is -0.288. The lowest BCUT2D eigenvalue weighted by atomic mass is 10.3. The minimum atomic E-state index is -3.80. The van der Waals surface area contributed by atoms with Gasteiger partial charge >= 0.3 is 0 Å². The van der Waals surface area contributed by atoms with Gasteiger partial charge in [0.25, 0.3) is 0 Å². The van der Waals surface area contributed by atoms with Crippen molar-refractivity contribution in [1.29, 1.82) is 0 Å². The van der Waals surface area contributed by atoms with E-state index in [2.05, 4.69) is 15.9 Å². The van der Waals surface area contributed by atoms with Crippen molar-refractivity contribution in [2.45, 2.75) is 11.8 Å². The van der Waals surface area contributed by atoms with E-state index < -0.39 is 10.0 Å². The Bertz CT molecular complexity index is 602. The standard InChI is InChI=1S/C12H18BrN3O3S/c1-4-16(8-12(17)15(2)3)20(18,19)11-7-9(13)5-6-10(11)14/h5-7H,4,8,14H2,1-3H3. The van der Waals surface area contributed by atoms with E-state index in [1.807, 2.05) is 0 Å². The first-order chi connectivity index (χ1) is 9.20. The molecule has 0 radical (unpaired) electrons. The van der Waals surface area contributed by atoms with E-state index >= 15 is 0 Å². The highest BCUT2D eigenvalue weighted by molar-refractivity contribution is 9.10. The number of halogens is 1. The second-order valence-electron chi connectivity index (χ2n) is 4.40. The lowest BCUT2D eigenvalue weighted by Gasteiger charge is -2.22. The molecule has 0 saturated carbocycles. The first kappa shape index (κ1) is 16.9. The van der Waals surface area contributed by atoms with Crippen LogP contribution in [0, 0.1) is 0 Å². The fourth-order valence-electron chi connectivity index (χ4n) is 1.53. The number of hydrogen-bond donors (Lipinski definition) is 1. The molecule has 0 spiro atoms. The van der Waals surface area contributed by atoms with Gasteiger partial charge in [-0.05, 0) is 18.2 Å². The molecular formula is C12H18BrN3O3S. The molecule has 0 aliphatic carbocycles. The van der Waals surface area contributed by atoms with Crippen LogP contribution in [0.3, 0.4) is 0 Å². The normalized spacial score (nSPS) is 11.7. The van der Waals surface area contributed by atoms with Crippen molar-refractivity contribution in [1.82, 2.24) is 9.21 Å². The molecule has 0 aliphatic rings. The van der Waals surface area contributed by atoms with Crippen molar-refractivity contribution in [2.75, 3.05) is 32.9 Å². The van der Waals surface area contributed by atoms with E-state index in [9.17, 15) is 13.2 Å². The number of carbonyl (C=O) groups excluding carboxylic acids is 1. The van der Waals surface area contributed by atoms with Crippen LogP contribution < -0.4 is 5.73 Å². The highest BCUT2D eigenvalue weighted by atomic mass is 79.9. The fourth-order valence-corrected chi connectivity index (χ4v) is 3.58. The van der Waals surface area contributed by atoms with Crippen LogP contribution >= 0.6 is 15.9 Å². The maximum Gasteiger partial charge on any atom is 0.245 e. The molecule has 1 aromatic rings. The van der Waals surface area contributed by atoms with Crippen molar-refractivity contribution >= 4 is 37.5 Å². The minimum absolute atomic E-state index is 0.000260. The second kappa shape index (κ2) is 6.55. The van der Waals surface area contributed by atoms with Gasteiger partial charge in [0, 0.05) is 25.1 Å². The third-order valence-electron chi connectivity index (χ3n) is 2.76. The molecule has 6 nitrogen and oxygen atoms in total. The number of amides is 1. The topological polar surface area (TPSA) is 83.7 Å². The van der Waals surface area contributed by atoms with E-state index in [1.54, 1.807) is 27.1 Å². The number of sulfonamides is 1. The predicted molar refractivity (Wildman–Crippen MR) is 81.7 cm³/mol. The average Bonchev–Trinajstić information content (AvgIpc) is 2.37. The molecule has 2 N–H and O–H groups in total. The van der Waals surface area contributed by atoms with Crippen molar-refractivity contribution in [2.24, 2.45) is 0 Å². The van der Waals surface area contributed by atoms with E-state index in [1.165, 1.54) is 17.0 Å². The Morgan fingerprint density at radius 2 is 1.95 bits per heavy atom. The third kappa shape index (κ3) is 3.71. The molecule has 0 unspecified atom stereocenters. The van der Waals surface area contributed by atoms with Crippen LogP contribution in [-0.4, -0.2) is 50.7 Å². The molecule has 0 aromatic heterocycles. The number of anilines is 1. The molecule has 0 atom stereocenters. The van der Waals surface area contributed by atoms with Gasteiger partial charge in [0.15, 0.2) is 0 Å². The monoisotopic (exact) mass is 363 g/mol. The largest absolute Gasteiger partial charge is 0.398 e. The summed E-state index contributed by atoms with van der Waals surface area (Å²) in [7, 11) is -0.643. The zero-order valence-electron chi connectivity index (χ0n) is 11.6. The molecule has 112 valence electrons. The van der Waals surface area contributed by atoms with Crippen LogP contribution in [0.2, 0.25) is 0 Å². The smallest absolute Gasteiger partial charge is 0.245 e. The van der Waals surface area contributed by atoms with Gasteiger partial charge in [-0.2, -0.15) is 4.31 Å². The summed E-state index contributed by atoms with van der Waals surface area (Å²) in [4.78, 5) is 13.1. The van der Waals surface area contributed by atoms with Crippen LogP contribution in [0.4, 0.5) is 5.69 Å². The molecule has 1 aromatic carbocycles. The van der Waals surface area contributed by atoms with Crippen LogP contribution in [0.25, 0.3) is 0 Å².